The molecule has 4 heteroatoms. The molecule has 1 N–H and O–H groups in total. The van der Waals surface area contributed by atoms with Crippen LogP contribution in [0.25, 0.3) is 22.2 Å². The second-order valence-corrected chi connectivity index (χ2v) is 4.80. The van der Waals surface area contributed by atoms with Gasteiger partial charge in [0.2, 0.25) is 0 Å². The van der Waals surface area contributed by atoms with E-state index in [1.807, 2.05) is 18.5 Å². The summed E-state index contributed by atoms with van der Waals surface area (Å²) >= 11 is 0. The number of fused-ring (bicyclic) bond motifs is 2. The molecule has 2 aromatic heterocycles. The normalized spacial score (nSPS) is 14.5. The van der Waals surface area contributed by atoms with Crippen LogP contribution >= 0.6 is 0 Å². The molecule has 0 saturated heterocycles. The van der Waals surface area contributed by atoms with Crippen LogP contribution in [-0.2, 0) is 13.1 Å². The molecular formula is C15H14N4. The molecule has 1 aliphatic rings. The van der Waals surface area contributed by atoms with Crippen molar-refractivity contribution in [1.82, 2.24) is 19.9 Å². The summed E-state index contributed by atoms with van der Waals surface area (Å²) in [5, 5.41) is 4.51. The standard InChI is InChI=1S/C15H14N4/c1-2-11-3-4-12(8-13(11)17-5-1)14-9-18-15-10-16-6-7-19(14)15/h1-5,8-9,16H,6-7,10H2. The molecular weight excluding hydrogens is 236 g/mol. The third-order valence-corrected chi connectivity index (χ3v) is 3.64. The molecule has 4 rings (SSSR count). The maximum atomic E-state index is 4.49. The highest BCUT2D eigenvalue weighted by molar-refractivity contribution is 5.83. The second-order valence-electron chi connectivity index (χ2n) is 4.80. The lowest BCUT2D eigenvalue weighted by Gasteiger charge is -2.17. The zero-order valence-corrected chi connectivity index (χ0v) is 10.5. The fraction of sp³-hybridized carbons (Fsp3) is 0.200. The first-order valence-corrected chi connectivity index (χ1v) is 6.52. The fourth-order valence-corrected chi connectivity index (χ4v) is 2.65. The molecule has 0 bridgehead atoms. The minimum Gasteiger partial charge on any atom is -0.326 e. The molecule has 1 aromatic carbocycles. The number of imidazole rings is 1. The first-order valence-electron chi connectivity index (χ1n) is 6.52. The number of aromatic nitrogens is 3. The molecule has 0 fully saturated rings. The second kappa shape index (κ2) is 4.17. The fourth-order valence-electron chi connectivity index (χ4n) is 2.65. The molecule has 0 aliphatic carbocycles. The van der Waals surface area contributed by atoms with Gasteiger partial charge in [-0.3, -0.25) is 4.98 Å². The number of pyridine rings is 1. The Morgan fingerprint density at radius 2 is 2.16 bits per heavy atom. The van der Waals surface area contributed by atoms with Gasteiger partial charge in [-0.1, -0.05) is 18.2 Å². The number of benzene rings is 1. The van der Waals surface area contributed by atoms with E-state index in [9.17, 15) is 0 Å². The molecule has 0 amide bonds. The molecule has 0 radical (unpaired) electrons. The molecule has 3 aromatic rings. The zero-order valence-electron chi connectivity index (χ0n) is 10.5. The topological polar surface area (TPSA) is 42.7 Å². The van der Waals surface area contributed by atoms with Crippen LogP contribution in [-0.4, -0.2) is 21.1 Å². The van der Waals surface area contributed by atoms with E-state index in [1.165, 1.54) is 16.6 Å². The molecule has 0 spiro atoms. The highest BCUT2D eigenvalue weighted by atomic mass is 15.2. The van der Waals surface area contributed by atoms with Gasteiger partial charge in [0.1, 0.15) is 5.82 Å². The minimum absolute atomic E-state index is 0.853. The average Bonchev–Trinajstić information content (AvgIpc) is 2.91. The third kappa shape index (κ3) is 1.72. The predicted octanol–water partition coefficient (Wildman–Crippen LogP) is 2.20. The quantitative estimate of drug-likeness (QED) is 0.720. The van der Waals surface area contributed by atoms with Gasteiger partial charge in [0, 0.05) is 30.2 Å². The zero-order chi connectivity index (χ0) is 12.7. The molecule has 0 unspecified atom stereocenters. The van der Waals surface area contributed by atoms with E-state index in [-0.39, 0.29) is 0 Å². The molecule has 1 aliphatic heterocycles. The lowest BCUT2D eigenvalue weighted by atomic mass is 10.1. The van der Waals surface area contributed by atoms with Crippen LogP contribution < -0.4 is 5.32 Å². The van der Waals surface area contributed by atoms with Crippen molar-refractivity contribution in [2.75, 3.05) is 6.54 Å². The van der Waals surface area contributed by atoms with E-state index < -0.39 is 0 Å². The summed E-state index contributed by atoms with van der Waals surface area (Å²) in [6.07, 6.45) is 3.80. The van der Waals surface area contributed by atoms with E-state index >= 15 is 0 Å². The van der Waals surface area contributed by atoms with Gasteiger partial charge in [-0.05, 0) is 12.1 Å². The number of nitrogens with one attached hydrogen (secondary N) is 1. The Hall–Kier alpha value is -2.20. The summed E-state index contributed by atoms with van der Waals surface area (Å²) in [4.78, 5) is 8.92. The van der Waals surface area contributed by atoms with Crippen molar-refractivity contribution in [3.63, 3.8) is 0 Å². The van der Waals surface area contributed by atoms with Gasteiger partial charge in [0.15, 0.2) is 0 Å². The van der Waals surface area contributed by atoms with Gasteiger partial charge in [0.05, 0.1) is 24.0 Å². The Bertz CT molecular complexity index is 745. The van der Waals surface area contributed by atoms with Crippen LogP contribution in [0.4, 0.5) is 0 Å². The van der Waals surface area contributed by atoms with Crippen molar-refractivity contribution in [2.45, 2.75) is 13.1 Å². The lowest BCUT2D eigenvalue weighted by molar-refractivity contribution is 0.508. The summed E-state index contributed by atoms with van der Waals surface area (Å²) in [5.74, 6) is 1.11. The molecule has 0 atom stereocenters. The largest absolute Gasteiger partial charge is 0.326 e. The minimum atomic E-state index is 0.853. The van der Waals surface area contributed by atoms with Crippen molar-refractivity contribution >= 4 is 10.9 Å². The molecule has 94 valence electrons. The SMILES string of the molecule is c1cnc2cc(-c3cnc4n3CCNC4)ccc2c1. The molecule has 4 nitrogen and oxygen atoms in total. The van der Waals surface area contributed by atoms with Gasteiger partial charge in [-0.25, -0.2) is 4.98 Å². The Morgan fingerprint density at radius 3 is 3.16 bits per heavy atom. The average molecular weight is 250 g/mol. The van der Waals surface area contributed by atoms with Gasteiger partial charge < -0.3 is 9.88 Å². The van der Waals surface area contributed by atoms with Crippen LogP contribution in [0, 0.1) is 0 Å². The highest BCUT2D eigenvalue weighted by Crippen LogP contribution is 2.25. The number of hydrogen-bond donors (Lipinski definition) is 1. The molecule has 3 heterocycles. The van der Waals surface area contributed by atoms with Crippen LogP contribution in [0.15, 0.2) is 42.7 Å². The predicted molar refractivity (Wildman–Crippen MR) is 74.7 cm³/mol. The first kappa shape index (κ1) is 10.7. The van der Waals surface area contributed by atoms with Crippen LogP contribution in [0.1, 0.15) is 5.82 Å². The van der Waals surface area contributed by atoms with E-state index in [1.54, 1.807) is 0 Å². The van der Waals surface area contributed by atoms with Crippen LogP contribution in [0.3, 0.4) is 0 Å². The Balaban J connectivity index is 1.88. The monoisotopic (exact) mass is 250 g/mol. The van der Waals surface area contributed by atoms with Crippen molar-refractivity contribution < 1.29 is 0 Å². The number of nitrogens with zero attached hydrogens (tertiary/aromatic N) is 3. The highest BCUT2D eigenvalue weighted by Gasteiger charge is 2.14. The smallest absolute Gasteiger partial charge is 0.123 e. The maximum absolute atomic E-state index is 4.49. The molecule has 19 heavy (non-hydrogen) atoms. The van der Waals surface area contributed by atoms with Gasteiger partial charge in [0.25, 0.3) is 0 Å². The van der Waals surface area contributed by atoms with E-state index in [4.69, 9.17) is 0 Å². The first-order chi connectivity index (χ1) is 9.42. The summed E-state index contributed by atoms with van der Waals surface area (Å²) in [6.45, 7) is 2.83. The Kier molecular flexibility index (Phi) is 2.35. The van der Waals surface area contributed by atoms with E-state index in [0.29, 0.717) is 0 Å². The summed E-state index contributed by atoms with van der Waals surface area (Å²) in [6, 6.07) is 10.5. The van der Waals surface area contributed by atoms with Crippen molar-refractivity contribution in [3.05, 3.63) is 48.5 Å². The lowest BCUT2D eigenvalue weighted by Crippen LogP contribution is -2.28. The van der Waals surface area contributed by atoms with E-state index in [0.717, 1.165) is 31.0 Å². The summed E-state index contributed by atoms with van der Waals surface area (Å²) in [5.41, 5.74) is 3.40. The molecule has 0 saturated carbocycles. The van der Waals surface area contributed by atoms with Crippen LogP contribution in [0.2, 0.25) is 0 Å². The van der Waals surface area contributed by atoms with Gasteiger partial charge in [-0.15, -0.1) is 0 Å². The van der Waals surface area contributed by atoms with Gasteiger partial charge in [-0.2, -0.15) is 0 Å². The van der Waals surface area contributed by atoms with Crippen molar-refractivity contribution in [2.24, 2.45) is 0 Å². The van der Waals surface area contributed by atoms with E-state index in [2.05, 4.69) is 44.1 Å². The third-order valence-electron chi connectivity index (χ3n) is 3.64. The van der Waals surface area contributed by atoms with Gasteiger partial charge >= 0.3 is 0 Å². The van der Waals surface area contributed by atoms with Crippen LogP contribution in [0.5, 0.6) is 0 Å². The maximum Gasteiger partial charge on any atom is 0.123 e. The number of hydrogen-bond acceptors (Lipinski definition) is 3. The van der Waals surface area contributed by atoms with Crippen molar-refractivity contribution in [1.29, 1.82) is 0 Å². The van der Waals surface area contributed by atoms with Crippen molar-refractivity contribution in [3.8, 4) is 11.3 Å². The summed E-state index contributed by atoms with van der Waals surface area (Å²) in [7, 11) is 0. The Labute approximate surface area is 111 Å². The summed E-state index contributed by atoms with van der Waals surface area (Å²) < 4.78 is 2.29. The Morgan fingerprint density at radius 1 is 1.16 bits per heavy atom. The number of rotatable bonds is 1.